The summed E-state index contributed by atoms with van der Waals surface area (Å²) in [6, 6.07) is 5.48. The maximum absolute atomic E-state index is 12.9. The van der Waals surface area contributed by atoms with Crippen LogP contribution in [0.15, 0.2) is 36.4 Å². The van der Waals surface area contributed by atoms with Gasteiger partial charge in [-0.2, -0.15) is 13.2 Å². The van der Waals surface area contributed by atoms with Gasteiger partial charge in [0.05, 0.1) is 25.9 Å². The lowest BCUT2D eigenvalue weighted by atomic mass is 9.96. The van der Waals surface area contributed by atoms with Crippen LogP contribution in [0.5, 0.6) is 17.2 Å². The summed E-state index contributed by atoms with van der Waals surface area (Å²) in [4.78, 5) is 12.9. The summed E-state index contributed by atoms with van der Waals surface area (Å²) in [5.74, 6) is -0.710. The molecule has 0 amide bonds. The average Bonchev–Trinajstić information content (AvgIpc) is 2.78. The first kappa shape index (κ1) is 26.2. The van der Waals surface area contributed by atoms with E-state index < -0.39 is 29.4 Å². The van der Waals surface area contributed by atoms with Gasteiger partial charge in [0.1, 0.15) is 22.8 Å². The number of ketones is 1. The number of phenols is 1. The van der Waals surface area contributed by atoms with E-state index in [1.807, 2.05) is 6.92 Å². The number of halogens is 3. The van der Waals surface area contributed by atoms with Gasteiger partial charge >= 0.3 is 6.18 Å². The van der Waals surface area contributed by atoms with E-state index in [0.29, 0.717) is 12.1 Å². The molecule has 2 aromatic carbocycles. The molecule has 0 fully saturated rings. The Morgan fingerprint density at radius 2 is 1.76 bits per heavy atom. The molecule has 0 heterocycles. The van der Waals surface area contributed by atoms with Gasteiger partial charge in [-0.3, -0.25) is 4.79 Å². The van der Waals surface area contributed by atoms with Crippen LogP contribution in [-0.2, 0) is 12.6 Å². The van der Waals surface area contributed by atoms with Crippen molar-refractivity contribution in [3.05, 3.63) is 58.7 Å². The maximum atomic E-state index is 12.9. The Morgan fingerprint density at radius 1 is 1.15 bits per heavy atom. The highest BCUT2D eigenvalue weighted by molar-refractivity contribution is 6.11. The normalized spacial score (nSPS) is 13.7. The molecule has 0 aliphatic carbocycles. The van der Waals surface area contributed by atoms with Crippen LogP contribution < -0.4 is 14.8 Å². The van der Waals surface area contributed by atoms with Gasteiger partial charge < -0.3 is 25.0 Å². The van der Waals surface area contributed by atoms with E-state index in [1.165, 1.54) is 38.5 Å². The smallest absolute Gasteiger partial charge is 0.416 e. The maximum Gasteiger partial charge on any atom is 0.416 e. The van der Waals surface area contributed by atoms with Gasteiger partial charge in [-0.15, -0.1) is 0 Å². The number of alkyl halides is 3. The summed E-state index contributed by atoms with van der Waals surface area (Å²) >= 11 is 0. The second kappa shape index (κ2) is 11.2. The summed E-state index contributed by atoms with van der Waals surface area (Å²) in [6.45, 7) is 4.33. The lowest BCUT2D eigenvalue weighted by molar-refractivity contribution is -0.137. The molecule has 0 aliphatic rings. The molecule has 0 aliphatic heterocycles. The quantitative estimate of drug-likeness (QED) is 0.358. The topological polar surface area (TPSA) is 88.0 Å². The fourth-order valence-electron chi connectivity index (χ4n) is 3.32. The van der Waals surface area contributed by atoms with Crippen molar-refractivity contribution in [3.63, 3.8) is 0 Å². The van der Waals surface area contributed by atoms with E-state index in [4.69, 9.17) is 9.47 Å². The molecule has 2 atom stereocenters. The van der Waals surface area contributed by atoms with Crippen molar-refractivity contribution in [2.75, 3.05) is 20.8 Å². The summed E-state index contributed by atoms with van der Waals surface area (Å²) < 4.78 is 48.7. The average molecular weight is 467 g/mol. The molecule has 0 spiro atoms. The van der Waals surface area contributed by atoms with E-state index >= 15 is 0 Å². The van der Waals surface area contributed by atoms with Gasteiger partial charge in [0, 0.05) is 24.1 Å². The highest BCUT2D eigenvalue weighted by atomic mass is 19.4. The van der Waals surface area contributed by atoms with Crippen molar-refractivity contribution >= 4 is 11.9 Å². The fraction of sp³-hybridized carbons (Fsp3) is 0.375. The molecule has 3 N–H and O–H groups in total. The van der Waals surface area contributed by atoms with E-state index in [9.17, 15) is 28.2 Å². The number of aliphatic hydroxyl groups excluding tert-OH is 1. The van der Waals surface area contributed by atoms with Crippen molar-refractivity contribution in [1.29, 1.82) is 0 Å². The number of allylic oxidation sites excluding steroid dienone is 1. The Balaban J connectivity index is 2.39. The molecule has 2 unspecified atom stereocenters. The van der Waals surface area contributed by atoms with Crippen LogP contribution in [0, 0.1) is 0 Å². The van der Waals surface area contributed by atoms with Crippen LogP contribution in [0.2, 0.25) is 0 Å². The zero-order valence-electron chi connectivity index (χ0n) is 18.9. The molecule has 0 saturated carbocycles. The Kier molecular flexibility index (Phi) is 8.90. The van der Waals surface area contributed by atoms with Crippen LogP contribution in [0.1, 0.15) is 40.9 Å². The number of hydrogen-bond donors (Lipinski definition) is 3. The minimum atomic E-state index is -4.45. The number of methoxy groups -OCH3 is 2. The van der Waals surface area contributed by atoms with Gasteiger partial charge in [0.2, 0.25) is 0 Å². The van der Waals surface area contributed by atoms with E-state index in [1.54, 1.807) is 6.92 Å². The van der Waals surface area contributed by atoms with Crippen molar-refractivity contribution in [3.8, 4) is 17.2 Å². The predicted molar refractivity (Wildman–Crippen MR) is 119 cm³/mol. The zero-order chi connectivity index (χ0) is 24.8. The van der Waals surface area contributed by atoms with Crippen molar-refractivity contribution < 1.29 is 37.7 Å². The van der Waals surface area contributed by atoms with Gasteiger partial charge in [-0.1, -0.05) is 25.1 Å². The van der Waals surface area contributed by atoms with Crippen LogP contribution in [-0.4, -0.2) is 48.9 Å². The van der Waals surface area contributed by atoms with Gasteiger partial charge in [-0.05, 0) is 37.2 Å². The number of benzene rings is 2. The minimum absolute atomic E-state index is 0.00999. The first-order valence-electron chi connectivity index (χ1n) is 10.3. The van der Waals surface area contributed by atoms with Crippen molar-refractivity contribution in [1.82, 2.24) is 5.32 Å². The number of aromatic hydroxyl groups is 1. The van der Waals surface area contributed by atoms with Crippen LogP contribution >= 0.6 is 0 Å². The van der Waals surface area contributed by atoms with E-state index in [2.05, 4.69) is 5.32 Å². The molecule has 2 aromatic rings. The minimum Gasteiger partial charge on any atom is -0.507 e. The molecule has 0 radical (unpaired) electrons. The second-order valence-corrected chi connectivity index (χ2v) is 7.42. The Labute approximate surface area is 190 Å². The van der Waals surface area contributed by atoms with Crippen molar-refractivity contribution in [2.24, 2.45) is 0 Å². The summed E-state index contributed by atoms with van der Waals surface area (Å²) in [7, 11) is 2.72. The number of ether oxygens (including phenoxy) is 2. The standard InChI is InChI=1S/C24H28F3NO5/c1-5-28-14(2)19(30)12-17-20(32-3)13-21(33-4)22(23(17)31)18(29)11-8-15-6-9-16(10-7-15)24(25,26)27/h6-11,13-14,19,28,30-31H,5,12H2,1-4H3. The van der Waals surface area contributed by atoms with Gasteiger partial charge in [0.15, 0.2) is 5.78 Å². The molecular weight excluding hydrogens is 439 g/mol. The number of phenolic OH excluding ortho intramolecular Hbond substituents is 1. The molecule has 2 rings (SSSR count). The Bertz CT molecular complexity index is 987. The largest absolute Gasteiger partial charge is 0.507 e. The third-order valence-electron chi connectivity index (χ3n) is 5.20. The highest BCUT2D eigenvalue weighted by Crippen LogP contribution is 2.40. The SMILES string of the molecule is CCNC(C)C(O)Cc1c(OC)cc(OC)c(C(=O)C=Cc2ccc(C(F)(F)F)cc2)c1O. The summed E-state index contributed by atoms with van der Waals surface area (Å²) in [6.07, 6.45) is -2.84. The van der Waals surface area contributed by atoms with Crippen LogP contribution in [0.25, 0.3) is 6.08 Å². The zero-order valence-corrected chi connectivity index (χ0v) is 18.9. The lowest BCUT2D eigenvalue weighted by Gasteiger charge is -2.22. The molecular formula is C24H28F3NO5. The third kappa shape index (κ3) is 6.49. The van der Waals surface area contributed by atoms with Crippen LogP contribution in [0.3, 0.4) is 0 Å². The Morgan fingerprint density at radius 3 is 2.27 bits per heavy atom. The number of aliphatic hydroxyl groups is 1. The van der Waals surface area contributed by atoms with Gasteiger partial charge in [-0.25, -0.2) is 0 Å². The number of nitrogens with one attached hydrogen (secondary N) is 1. The van der Waals surface area contributed by atoms with E-state index in [0.717, 1.165) is 18.2 Å². The predicted octanol–water partition coefficient (Wildman–Crippen LogP) is 4.23. The highest BCUT2D eigenvalue weighted by Gasteiger charge is 2.30. The number of hydrogen-bond acceptors (Lipinski definition) is 6. The summed E-state index contributed by atoms with van der Waals surface area (Å²) in [5.41, 5.74) is -0.324. The number of rotatable bonds is 10. The first-order chi connectivity index (χ1) is 15.5. The summed E-state index contributed by atoms with van der Waals surface area (Å²) in [5, 5.41) is 24.5. The molecule has 33 heavy (non-hydrogen) atoms. The molecule has 6 nitrogen and oxygen atoms in total. The monoisotopic (exact) mass is 467 g/mol. The lowest BCUT2D eigenvalue weighted by Crippen LogP contribution is -2.38. The molecule has 0 aromatic heterocycles. The third-order valence-corrected chi connectivity index (χ3v) is 5.20. The second-order valence-electron chi connectivity index (χ2n) is 7.42. The number of carbonyl (C=O) groups excluding carboxylic acids is 1. The van der Waals surface area contributed by atoms with E-state index in [-0.39, 0.29) is 35.1 Å². The fourth-order valence-corrected chi connectivity index (χ4v) is 3.32. The molecule has 9 heteroatoms. The number of likely N-dealkylation sites (N-methyl/N-ethyl adjacent to an activating group) is 1. The molecule has 0 saturated heterocycles. The van der Waals surface area contributed by atoms with Crippen molar-refractivity contribution in [2.45, 2.75) is 38.6 Å². The first-order valence-corrected chi connectivity index (χ1v) is 10.3. The molecule has 180 valence electrons. The van der Waals surface area contributed by atoms with Gasteiger partial charge in [0.25, 0.3) is 0 Å². The molecule has 0 bridgehead atoms. The number of carbonyl (C=O) groups is 1. The Hall–Kier alpha value is -3.04. The van der Waals surface area contributed by atoms with Crippen LogP contribution in [0.4, 0.5) is 13.2 Å².